The second-order valence-corrected chi connectivity index (χ2v) is 4.27. The van der Waals surface area contributed by atoms with Crippen molar-refractivity contribution in [1.82, 2.24) is 15.4 Å². The Morgan fingerprint density at radius 3 is 2.76 bits per heavy atom. The van der Waals surface area contributed by atoms with Gasteiger partial charge in [0, 0.05) is 17.3 Å². The van der Waals surface area contributed by atoms with Gasteiger partial charge in [-0.05, 0) is 24.3 Å². The molecular weight excluding hydrogens is 296 g/mol. The van der Waals surface area contributed by atoms with Gasteiger partial charge in [0.05, 0.1) is 7.11 Å². The minimum Gasteiger partial charge on any atom is -0.484 e. The van der Waals surface area contributed by atoms with Gasteiger partial charge in [-0.1, -0.05) is 11.6 Å². The Balaban J connectivity index is 1.78. The van der Waals surface area contributed by atoms with E-state index in [9.17, 15) is 4.79 Å². The minimum absolute atomic E-state index is 0.154. The summed E-state index contributed by atoms with van der Waals surface area (Å²) in [6.07, 6.45) is 1.50. The minimum atomic E-state index is -0.378. The van der Waals surface area contributed by atoms with Crippen molar-refractivity contribution in [1.29, 1.82) is 0 Å². The number of ether oxygens (including phenoxy) is 2. The second kappa shape index (κ2) is 7.30. The van der Waals surface area contributed by atoms with Crippen LogP contribution in [0.25, 0.3) is 0 Å². The second-order valence-electron chi connectivity index (χ2n) is 3.84. The largest absolute Gasteiger partial charge is 0.484 e. The number of amides is 1. The molecule has 2 rings (SSSR count). The Hall–Kier alpha value is -2.54. The van der Waals surface area contributed by atoms with Crippen molar-refractivity contribution in [3.05, 3.63) is 41.6 Å². The predicted molar refractivity (Wildman–Crippen MR) is 77.3 cm³/mol. The van der Waals surface area contributed by atoms with Crippen LogP contribution in [0.4, 0.5) is 5.95 Å². The Kier molecular flexibility index (Phi) is 5.16. The Morgan fingerprint density at radius 1 is 1.29 bits per heavy atom. The molecule has 0 aliphatic carbocycles. The maximum absolute atomic E-state index is 11.6. The van der Waals surface area contributed by atoms with Crippen molar-refractivity contribution in [2.45, 2.75) is 0 Å². The Bertz CT molecular complexity index is 607. The number of methoxy groups -OCH3 is 1. The van der Waals surface area contributed by atoms with Crippen molar-refractivity contribution in [2.24, 2.45) is 0 Å². The van der Waals surface area contributed by atoms with Gasteiger partial charge >= 0.3 is 0 Å². The van der Waals surface area contributed by atoms with Crippen LogP contribution in [0, 0.1) is 0 Å². The van der Waals surface area contributed by atoms with Crippen LogP contribution in [0.3, 0.4) is 0 Å². The maximum Gasteiger partial charge on any atom is 0.276 e. The molecule has 0 aliphatic rings. The van der Waals surface area contributed by atoms with Crippen LogP contribution >= 0.6 is 11.6 Å². The molecule has 1 amide bonds. The van der Waals surface area contributed by atoms with Crippen molar-refractivity contribution in [3.63, 3.8) is 0 Å². The number of halogens is 1. The van der Waals surface area contributed by atoms with E-state index >= 15 is 0 Å². The molecule has 0 unspecified atom stereocenters. The summed E-state index contributed by atoms with van der Waals surface area (Å²) >= 11 is 5.75. The highest BCUT2D eigenvalue weighted by molar-refractivity contribution is 6.30. The third-order valence-electron chi connectivity index (χ3n) is 2.34. The van der Waals surface area contributed by atoms with Crippen LogP contribution in [-0.2, 0) is 4.79 Å². The van der Waals surface area contributed by atoms with Crippen LogP contribution < -0.4 is 20.3 Å². The van der Waals surface area contributed by atoms with E-state index in [1.54, 1.807) is 30.3 Å². The molecule has 7 nitrogen and oxygen atoms in total. The molecule has 0 radical (unpaired) electrons. The van der Waals surface area contributed by atoms with Crippen molar-refractivity contribution in [2.75, 3.05) is 19.1 Å². The number of aromatic nitrogens is 2. The van der Waals surface area contributed by atoms with E-state index in [4.69, 9.17) is 21.1 Å². The topological polar surface area (TPSA) is 85.4 Å². The molecule has 1 aromatic heterocycles. The fourth-order valence-electron chi connectivity index (χ4n) is 1.36. The summed E-state index contributed by atoms with van der Waals surface area (Å²) in [4.78, 5) is 19.5. The lowest BCUT2D eigenvalue weighted by Gasteiger charge is -2.09. The van der Waals surface area contributed by atoms with E-state index in [0.29, 0.717) is 16.7 Å². The summed E-state index contributed by atoms with van der Waals surface area (Å²) in [5, 5.41) is 0.601. The lowest BCUT2D eigenvalue weighted by atomic mass is 10.3. The normalized spacial score (nSPS) is 9.81. The standard InChI is InChI=1S/C13H13ClN4O3/c1-20-12-6-7-15-13(16-12)18-17-11(19)8-21-10-4-2-9(14)3-5-10/h2-7H,8H2,1H3,(H,17,19)(H,15,16,18). The van der Waals surface area contributed by atoms with E-state index in [0.717, 1.165) is 0 Å². The van der Waals surface area contributed by atoms with Gasteiger partial charge in [0.15, 0.2) is 6.61 Å². The van der Waals surface area contributed by atoms with E-state index in [1.807, 2.05) is 0 Å². The fourth-order valence-corrected chi connectivity index (χ4v) is 1.48. The monoisotopic (exact) mass is 308 g/mol. The van der Waals surface area contributed by atoms with Gasteiger partial charge < -0.3 is 9.47 Å². The molecular formula is C13H13ClN4O3. The third-order valence-corrected chi connectivity index (χ3v) is 2.59. The lowest BCUT2D eigenvalue weighted by molar-refractivity contribution is -0.122. The average molecular weight is 309 g/mol. The molecule has 110 valence electrons. The van der Waals surface area contributed by atoms with E-state index in [-0.39, 0.29) is 18.5 Å². The summed E-state index contributed by atoms with van der Waals surface area (Å²) in [6, 6.07) is 8.30. The SMILES string of the molecule is COc1ccnc(NNC(=O)COc2ccc(Cl)cc2)n1. The number of hydrogen-bond donors (Lipinski definition) is 2. The van der Waals surface area contributed by atoms with E-state index in [2.05, 4.69) is 20.8 Å². The average Bonchev–Trinajstić information content (AvgIpc) is 2.52. The first kappa shape index (κ1) is 14.9. The number of carbonyl (C=O) groups is 1. The first-order valence-electron chi connectivity index (χ1n) is 5.97. The van der Waals surface area contributed by atoms with Crippen LogP contribution in [0.1, 0.15) is 0 Å². The molecule has 0 atom stereocenters. The number of benzene rings is 1. The molecule has 0 aliphatic heterocycles. The van der Waals surface area contributed by atoms with Crippen LogP contribution in [0.15, 0.2) is 36.5 Å². The Morgan fingerprint density at radius 2 is 2.05 bits per heavy atom. The van der Waals surface area contributed by atoms with Crippen LogP contribution in [0.5, 0.6) is 11.6 Å². The number of rotatable bonds is 6. The number of nitrogens with zero attached hydrogens (tertiary/aromatic N) is 2. The number of hydrogen-bond acceptors (Lipinski definition) is 6. The first-order valence-corrected chi connectivity index (χ1v) is 6.35. The van der Waals surface area contributed by atoms with Crippen molar-refractivity contribution < 1.29 is 14.3 Å². The molecule has 0 fully saturated rings. The van der Waals surface area contributed by atoms with E-state index < -0.39 is 0 Å². The molecule has 0 saturated carbocycles. The highest BCUT2D eigenvalue weighted by Gasteiger charge is 2.04. The molecule has 0 bridgehead atoms. The molecule has 8 heteroatoms. The highest BCUT2D eigenvalue weighted by atomic mass is 35.5. The molecule has 0 saturated heterocycles. The summed E-state index contributed by atoms with van der Waals surface area (Å²) in [7, 11) is 1.49. The number of hydrazine groups is 1. The zero-order valence-corrected chi connectivity index (χ0v) is 11.9. The number of carbonyl (C=O) groups excluding carboxylic acids is 1. The predicted octanol–water partition coefficient (Wildman–Crippen LogP) is 1.66. The van der Waals surface area contributed by atoms with Crippen LogP contribution in [-0.4, -0.2) is 29.6 Å². The van der Waals surface area contributed by atoms with Crippen LogP contribution in [0.2, 0.25) is 5.02 Å². The van der Waals surface area contributed by atoms with Gasteiger partial charge in [0.2, 0.25) is 11.8 Å². The summed E-state index contributed by atoms with van der Waals surface area (Å²) in [5.41, 5.74) is 4.97. The van der Waals surface area contributed by atoms with Gasteiger partial charge in [-0.15, -0.1) is 0 Å². The molecule has 21 heavy (non-hydrogen) atoms. The maximum atomic E-state index is 11.6. The lowest BCUT2D eigenvalue weighted by Crippen LogP contribution is -2.34. The quantitative estimate of drug-likeness (QED) is 0.789. The molecule has 2 N–H and O–H groups in total. The summed E-state index contributed by atoms with van der Waals surface area (Å²) in [6.45, 7) is -0.154. The zero-order valence-electron chi connectivity index (χ0n) is 11.2. The van der Waals surface area contributed by atoms with Gasteiger partial charge in [-0.25, -0.2) is 4.98 Å². The molecule has 0 spiro atoms. The van der Waals surface area contributed by atoms with E-state index in [1.165, 1.54) is 13.3 Å². The molecule has 1 heterocycles. The van der Waals surface area contributed by atoms with Crippen molar-refractivity contribution >= 4 is 23.5 Å². The van der Waals surface area contributed by atoms with Gasteiger partial charge in [0.25, 0.3) is 5.91 Å². The third kappa shape index (κ3) is 4.81. The number of nitrogens with one attached hydrogen (secondary N) is 2. The van der Waals surface area contributed by atoms with Gasteiger partial charge in [-0.2, -0.15) is 4.98 Å². The Labute approximate surface area is 126 Å². The summed E-state index contributed by atoms with van der Waals surface area (Å²) < 4.78 is 10.2. The zero-order chi connectivity index (χ0) is 15.1. The first-order chi connectivity index (χ1) is 10.2. The van der Waals surface area contributed by atoms with Gasteiger partial charge in [0.1, 0.15) is 5.75 Å². The molecule has 2 aromatic rings. The smallest absolute Gasteiger partial charge is 0.276 e. The van der Waals surface area contributed by atoms with Crippen molar-refractivity contribution in [3.8, 4) is 11.6 Å². The highest BCUT2D eigenvalue weighted by Crippen LogP contribution is 2.15. The fraction of sp³-hybridized carbons (Fsp3) is 0.154. The number of anilines is 1. The van der Waals surface area contributed by atoms with Gasteiger partial charge in [-0.3, -0.25) is 15.6 Å². The molecule has 1 aromatic carbocycles. The summed E-state index contributed by atoms with van der Waals surface area (Å²) in [5.74, 6) is 0.775.